The standard InChI is InChI=1S/C8H17NO2S/c1-7-8(3-5-11-7)9-4-6-12(2)10/h7-9H,3-6H2,1-2H3. The van der Waals surface area contributed by atoms with Crippen LogP contribution in [0.1, 0.15) is 13.3 Å². The van der Waals surface area contributed by atoms with Gasteiger partial charge in [-0.2, -0.15) is 0 Å². The molecule has 1 saturated heterocycles. The first-order valence-electron chi connectivity index (χ1n) is 4.35. The molecule has 4 heteroatoms. The molecule has 12 heavy (non-hydrogen) atoms. The fourth-order valence-corrected chi connectivity index (χ4v) is 1.79. The molecule has 1 heterocycles. The zero-order valence-electron chi connectivity index (χ0n) is 7.71. The van der Waals surface area contributed by atoms with Crippen LogP contribution in [0.3, 0.4) is 0 Å². The summed E-state index contributed by atoms with van der Waals surface area (Å²) < 4.78 is 16.1. The Kier molecular flexibility index (Phi) is 4.18. The van der Waals surface area contributed by atoms with Crippen LogP contribution in [0.5, 0.6) is 0 Å². The molecule has 0 aromatic heterocycles. The molecule has 1 rings (SSSR count). The number of rotatable bonds is 4. The van der Waals surface area contributed by atoms with Gasteiger partial charge in [-0.05, 0) is 13.3 Å². The van der Waals surface area contributed by atoms with Crippen LogP contribution in [0, 0.1) is 0 Å². The topological polar surface area (TPSA) is 38.3 Å². The maximum absolute atomic E-state index is 10.7. The van der Waals surface area contributed by atoms with Crippen LogP contribution < -0.4 is 5.32 Å². The van der Waals surface area contributed by atoms with Crippen molar-refractivity contribution in [2.24, 2.45) is 0 Å². The summed E-state index contributed by atoms with van der Waals surface area (Å²) in [6.45, 7) is 3.77. The third kappa shape index (κ3) is 3.21. The molecular formula is C8H17NO2S. The van der Waals surface area contributed by atoms with Gasteiger partial charge >= 0.3 is 0 Å². The molecule has 0 aromatic rings. The highest BCUT2D eigenvalue weighted by Crippen LogP contribution is 2.11. The molecule has 3 unspecified atom stereocenters. The Morgan fingerprint density at radius 3 is 2.92 bits per heavy atom. The van der Waals surface area contributed by atoms with Gasteiger partial charge in [0.15, 0.2) is 0 Å². The molecule has 72 valence electrons. The van der Waals surface area contributed by atoms with Crippen LogP contribution >= 0.6 is 0 Å². The third-order valence-electron chi connectivity index (χ3n) is 2.17. The summed E-state index contributed by atoms with van der Waals surface area (Å²) in [6, 6.07) is 0.466. The van der Waals surface area contributed by atoms with Gasteiger partial charge in [0, 0.05) is 42.0 Å². The van der Waals surface area contributed by atoms with Crippen LogP contribution in [0.15, 0.2) is 0 Å². The lowest BCUT2D eigenvalue weighted by atomic mass is 10.2. The maximum atomic E-state index is 10.7. The van der Waals surface area contributed by atoms with Crippen LogP contribution in [-0.2, 0) is 15.5 Å². The first kappa shape index (κ1) is 10.2. The van der Waals surface area contributed by atoms with E-state index in [-0.39, 0.29) is 0 Å². The van der Waals surface area contributed by atoms with E-state index in [1.165, 1.54) is 0 Å². The van der Waals surface area contributed by atoms with Crippen molar-refractivity contribution < 1.29 is 8.95 Å². The third-order valence-corrected chi connectivity index (χ3v) is 2.95. The predicted molar refractivity (Wildman–Crippen MR) is 50.8 cm³/mol. The Bertz CT molecular complexity index is 163. The van der Waals surface area contributed by atoms with E-state index in [0.29, 0.717) is 12.1 Å². The minimum Gasteiger partial charge on any atom is -0.377 e. The van der Waals surface area contributed by atoms with Gasteiger partial charge in [0.1, 0.15) is 0 Å². The van der Waals surface area contributed by atoms with E-state index in [2.05, 4.69) is 12.2 Å². The van der Waals surface area contributed by atoms with Crippen molar-refractivity contribution in [1.29, 1.82) is 0 Å². The van der Waals surface area contributed by atoms with Crippen molar-refractivity contribution in [3.8, 4) is 0 Å². The van der Waals surface area contributed by atoms with Crippen LogP contribution in [-0.4, -0.2) is 41.5 Å². The quantitative estimate of drug-likeness (QED) is 0.686. The van der Waals surface area contributed by atoms with Crippen molar-refractivity contribution in [2.75, 3.05) is 25.2 Å². The Balaban J connectivity index is 2.10. The molecule has 0 aromatic carbocycles. The summed E-state index contributed by atoms with van der Waals surface area (Å²) >= 11 is 0. The van der Waals surface area contributed by atoms with E-state index in [4.69, 9.17) is 4.74 Å². The summed E-state index contributed by atoms with van der Waals surface area (Å²) in [6.07, 6.45) is 3.13. The maximum Gasteiger partial charge on any atom is 0.0700 e. The van der Waals surface area contributed by atoms with Crippen LogP contribution in [0.2, 0.25) is 0 Å². The molecule has 1 aliphatic heterocycles. The monoisotopic (exact) mass is 191 g/mol. The first-order chi connectivity index (χ1) is 5.70. The van der Waals surface area contributed by atoms with Crippen molar-refractivity contribution in [2.45, 2.75) is 25.5 Å². The van der Waals surface area contributed by atoms with Gasteiger partial charge in [0.05, 0.1) is 6.10 Å². The summed E-state index contributed by atoms with van der Waals surface area (Å²) in [5.74, 6) is 0.739. The molecule has 1 fully saturated rings. The number of nitrogens with one attached hydrogen (secondary N) is 1. The lowest BCUT2D eigenvalue weighted by molar-refractivity contribution is 0.113. The Hall–Kier alpha value is 0.0700. The number of hydrogen-bond acceptors (Lipinski definition) is 3. The highest BCUT2D eigenvalue weighted by Gasteiger charge is 2.22. The fourth-order valence-electron chi connectivity index (χ4n) is 1.39. The highest BCUT2D eigenvalue weighted by atomic mass is 32.2. The predicted octanol–water partition coefficient (Wildman–Crippen LogP) is 0.132. The highest BCUT2D eigenvalue weighted by molar-refractivity contribution is 7.84. The normalized spacial score (nSPS) is 32.2. The Labute approximate surface area is 76.3 Å². The van der Waals surface area contributed by atoms with Crippen molar-refractivity contribution in [1.82, 2.24) is 5.32 Å². The van der Waals surface area contributed by atoms with Gasteiger partial charge in [-0.3, -0.25) is 4.21 Å². The fraction of sp³-hybridized carbons (Fsp3) is 1.00. The average molecular weight is 191 g/mol. The number of ether oxygens (including phenoxy) is 1. The molecule has 3 atom stereocenters. The SMILES string of the molecule is CC1OCCC1NCCS(C)=O. The van der Waals surface area contributed by atoms with Gasteiger partial charge in [0.2, 0.25) is 0 Å². The molecule has 0 aliphatic carbocycles. The Morgan fingerprint density at radius 2 is 2.42 bits per heavy atom. The zero-order valence-corrected chi connectivity index (χ0v) is 8.52. The smallest absolute Gasteiger partial charge is 0.0700 e. The van der Waals surface area contributed by atoms with E-state index < -0.39 is 10.8 Å². The molecule has 0 radical (unpaired) electrons. The molecule has 0 amide bonds. The van der Waals surface area contributed by atoms with Gasteiger partial charge in [-0.25, -0.2) is 0 Å². The van der Waals surface area contributed by atoms with E-state index in [1.54, 1.807) is 6.26 Å². The molecule has 1 N–H and O–H groups in total. The molecule has 0 bridgehead atoms. The summed E-state index contributed by atoms with van der Waals surface area (Å²) in [7, 11) is -0.680. The van der Waals surface area contributed by atoms with E-state index >= 15 is 0 Å². The molecular weight excluding hydrogens is 174 g/mol. The largest absolute Gasteiger partial charge is 0.377 e. The molecule has 0 spiro atoms. The molecule has 1 aliphatic rings. The van der Waals surface area contributed by atoms with Crippen molar-refractivity contribution >= 4 is 10.8 Å². The van der Waals surface area contributed by atoms with Crippen LogP contribution in [0.4, 0.5) is 0 Å². The van der Waals surface area contributed by atoms with Crippen molar-refractivity contribution in [3.63, 3.8) is 0 Å². The minimum atomic E-state index is -0.680. The molecule has 3 nitrogen and oxygen atoms in total. The van der Waals surface area contributed by atoms with Crippen LogP contribution in [0.25, 0.3) is 0 Å². The van der Waals surface area contributed by atoms with Gasteiger partial charge < -0.3 is 10.1 Å². The Morgan fingerprint density at radius 1 is 1.67 bits per heavy atom. The lowest BCUT2D eigenvalue weighted by Crippen LogP contribution is -2.36. The van der Waals surface area contributed by atoms with E-state index in [9.17, 15) is 4.21 Å². The summed E-state index contributed by atoms with van der Waals surface area (Å²) in [5, 5.41) is 3.34. The molecule has 0 saturated carbocycles. The minimum absolute atomic E-state index is 0.315. The second kappa shape index (κ2) is 4.94. The summed E-state index contributed by atoms with van der Waals surface area (Å²) in [5.41, 5.74) is 0. The summed E-state index contributed by atoms with van der Waals surface area (Å²) in [4.78, 5) is 0. The lowest BCUT2D eigenvalue weighted by Gasteiger charge is -2.14. The van der Waals surface area contributed by atoms with Gasteiger partial charge in [-0.15, -0.1) is 0 Å². The second-order valence-electron chi connectivity index (χ2n) is 3.20. The van der Waals surface area contributed by atoms with Crippen molar-refractivity contribution in [3.05, 3.63) is 0 Å². The zero-order chi connectivity index (χ0) is 8.97. The average Bonchev–Trinajstić information content (AvgIpc) is 2.36. The first-order valence-corrected chi connectivity index (χ1v) is 6.08. The second-order valence-corrected chi connectivity index (χ2v) is 4.76. The van der Waals surface area contributed by atoms with E-state index in [0.717, 1.165) is 25.3 Å². The number of hydrogen-bond donors (Lipinski definition) is 1. The van der Waals surface area contributed by atoms with E-state index in [1.807, 2.05) is 0 Å². The van der Waals surface area contributed by atoms with Gasteiger partial charge in [0.25, 0.3) is 0 Å². The van der Waals surface area contributed by atoms with Gasteiger partial charge in [-0.1, -0.05) is 0 Å².